The molecule has 2 N–H and O–H groups in total. The van der Waals surface area contributed by atoms with Gasteiger partial charge in [-0.3, -0.25) is 9.89 Å². The highest BCUT2D eigenvalue weighted by atomic mass is 35.5. The maximum Gasteiger partial charge on any atom is 0.270 e. The van der Waals surface area contributed by atoms with Gasteiger partial charge in [0.1, 0.15) is 5.69 Å². The van der Waals surface area contributed by atoms with Gasteiger partial charge in [0.05, 0.1) is 6.20 Å². The molecule has 0 spiro atoms. The summed E-state index contributed by atoms with van der Waals surface area (Å²) in [5.41, 5.74) is 2.97. The van der Waals surface area contributed by atoms with E-state index in [1.165, 1.54) is 0 Å². The van der Waals surface area contributed by atoms with E-state index in [4.69, 9.17) is 11.6 Å². The molecule has 1 aromatic carbocycles. The van der Waals surface area contributed by atoms with Crippen LogP contribution in [0.25, 0.3) is 11.4 Å². The van der Waals surface area contributed by atoms with Crippen LogP contribution < -0.4 is 5.32 Å². The van der Waals surface area contributed by atoms with Crippen LogP contribution in [0, 0.1) is 6.92 Å². The first-order valence-electron chi connectivity index (χ1n) is 6.99. The number of aryl methyl sites for hydroxylation is 1. The van der Waals surface area contributed by atoms with Gasteiger partial charge in [0, 0.05) is 34.6 Å². The molecule has 0 aliphatic rings. The number of benzene rings is 1. The molecule has 1 amide bonds. The third-order valence-electron chi connectivity index (χ3n) is 3.36. The van der Waals surface area contributed by atoms with Crippen molar-refractivity contribution in [1.82, 2.24) is 25.5 Å². The molecule has 23 heavy (non-hydrogen) atoms. The fourth-order valence-electron chi connectivity index (χ4n) is 2.04. The molecule has 2 heterocycles. The number of carbonyl (C=O) groups is 1. The number of aromatic nitrogens is 4. The van der Waals surface area contributed by atoms with E-state index in [9.17, 15) is 4.79 Å². The molecule has 116 valence electrons. The Kier molecular flexibility index (Phi) is 4.34. The Morgan fingerprint density at radius 1 is 1.26 bits per heavy atom. The zero-order valence-electron chi connectivity index (χ0n) is 12.4. The number of rotatable bonds is 4. The largest absolute Gasteiger partial charge is 0.346 e. The van der Waals surface area contributed by atoms with E-state index in [1.807, 2.05) is 19.1 Å². The number of H-pyrrole nitrogens is 1. The molecule has 7 heteroatoms. The van der Waals surface area contributed by atoms with Crippen LogP contribution in [0.4, 0.5) is 0 Å². The summed E-state index contributed by atoms with van der Waals surface area (Å²) in [7, 11) is 0. The zero-order valence-corrected chi connectivity index (χ0v) is 13.1. The number of hydrogen-bond acceptors (Lipinski definition) is 4. The summed E-state index contributed by atoms with van der Waals surface area (Å²) in [6.07, 6.45) is 3.25. The van der Waals surface area contributed by atoms with Crippen LogP contribution in [0.2, 0.25) is 5.02 Å². The van der Waals surface area contributed by atoms with Crippen molar-refractivity contribution in [2.45, 2.75) is 13.5 Å². The summed E-state index contributed by atoms with van der Waals surface area (Å²) in [5.74, 6) is 0.219. The van der Waals surface area contributed by atoms with Crippen molar-refractivity contribution < 1.29 is 4.79 Å². The third kappa shape index (κ3) is 3.54. The fraction of sp³-hybridized carbons (Fsp3) is 0.125. The van der Waals surface area contributed by atoms with Crippen LogP contribution in [-0.4, -0.2) is 26.1 Å². The minimum absolute atomic E-state index is 0.261. The Labute approximate surface area is 137 Å². The van der Waals surface area contributed by atoms with Gasteiger partial charge in [-0.15, -0.1) is 0 Å². The summed E-state index contributed by atoms with van der Waals surface area (Å²) >= 11 is 5.87. The number of nitrogens with zero attached hydrogens (tertiary/aromatic N) is 3. The lowest BCUT2D eigenvalue weighted by Gasteiger charge is -2.06. The Morgan fingerprint density at radius 3 is 2.74 bits per heavy atom. The summed E-state index contributed by atoms with van der Waals surface area (Å²) < 4.78 is 0. The smallest absolute Gasteiger partial charge is 0.270 e. The second kappa shape index (κ2) is 6.58. The van der Waals surface area contributed by atoms with Crippen molar-refractivity contribution in [2.75, 3.05) is 0 Å². The van der Waals surface area contributed by atoms with Crippen LogP contribution in [0.5, 0.6) is 0 Å². The zero-order chi connectivity index (χ0) is 16.2. The molecule has 0 saturated heterocycles. The maximum atomic E-state index is 12.2. The van der Waals surface area contributed by atoms with E-state index >= 15 is 0 Å². The van der Waals surface area contributed by atoms with Crippen LogP contribution in [0.3, 0.4) is 0 Å². The highest BCUT2D eigenvalue weighted by molar-refractivity contribution is 6.30. The van der Waals surface area contributed by atoms with E-state index in [2.05, 4.69) is 25.5 Å². The van der Waals surface area contributed by atoms with E-state index < -0.39 is 0 Å². The molecule has 0 saturated carbocycles. The number of carbonyl (C=O) groups excluding carboxylic acids is 1. The monoisotopic (exact) mass is 327 g/mol. The number of aromatic amines is 1. The molecule has 0 aliphatic carbocycles. The van der Waals surface area contributed by atoms with Gasteiger partial charge in [0.25, 0.3) is 5.91 Å². The number of halogens is 1. The lowest BCUT2D eigenvalue weighted by Crippen LogP contribution is -2.24. The van der Waals surface area contributed by atoms with E-state index in [0.717, 1.165) is 16.8 Å². The summed E-state index contributed by atoms with van der Waals surface area (Å²) in [6.45, 7) is 2.29. The topological polar surface area (TPSA) is 83.6 Å². The first kappa shape index (κ1) is 15.2. The SMILES string of the molecule is Cc1[nH]ncc1CNC(=O)c1ccnc(-c2ccc(Cl)cc2)n1. The molecule has 0 unspecified atom stereocenters. The van der Waals surface area contributed by atoms with Crippen molar-refractivity contribution >= 4 is 17.5 Å². The summed E-state index contributed by atoms with van der Waals surface area (Å²) in [4.78, 5) is 20.7. The van der Waals surface area contributed by atoms with E-state index in [-0.39, 0.29) is 5.91 Å². The van der Waals surface area contributed by atoms with Crippen molar-refractivity contribution in [3.8, 4) is 11.4 Å². The molecule has 0 radical (unpaired) electrons. The van der Waals surface area contributed by atoms with Gasteiger partial charge < -0.3 is 5.32 Å². The van der Waals surface area contributed by atoms with Crippen molar-refractivity contribution in [3.63, 3.8) is 0 Å². The van der Waals surface area contributed by atoms with Crippen LogP contribution in [0.1, 0.15) is 21.7 Å². The highest BCUT2D eigenvalue weighted by Crippen LogP contribution is 2.17. The van der Waals surface area contributed by atoms with Crippen molar-refractivity contribution in [1.29, 1.82) is 0 Å². The predicted octanol–water partition coefficient (Wildman–Crippen LogP) is 2.76. The van der Waals surface area contributed by atoms with Crippen LogP contribution >= 0.6 is 11.6 Å². The molecule has 0 atom stereocenters. The molecule has 0 bridgehead atoms. The summed E-state index contributed by atoms with van der Waals surface area (Å²) in [6, 6.07) is 8.72. The second-order valence-electron chi connectivity index (χ2n) is 4.98. The molecule has 3 rings (SSSR count). The van der Waals surface area contributed by atoms with Crippen LogP contribution in [0.15, 0.2) is 42.7 Å². The lowest BCUT2D eigenvalue weighted by molar-refractivity contribution is 0.0946. The standard InChI is InChI=1S/C16H14ClN5O/c1-10-12(9-20-22-10)8-19-16(23)14-6-7-18-15(21-14)11-2-4-13(17)5-3-11/h2-7,9H,8H2,1H3,(H,19,23)(H,20,22). The number of hydrogen-bond donors (Lipinski definition) is 2. The van der Waals surface area contributed by atoms with Gasteiger partial charge in [0.15, 0.2) is 5.82 Å². The van der Waals surface area contributed by atoms with E-state index in [1.54, 1.807) is 30.6 Å². The number of amides is 1. The average molecular weight is 328 g/mol. The van der Waals surface area contributed by atoms with Gasteiger partial charge in [-0.2, -0.15) is 5.10 Å². The van der Waals surface area contributed by atoms with Gasteiger partial charge in [0.2, 0.25) is 0 Å². The first-order chi connectivity index (χ1) is 11.1. The lowest BCUT2D eigenvalue weighted by atomic mass is 10.2. The van der Waals surface area contributed by atoms with Crippen LogP contribution in [-0.2, 0) is 6.54 Å². The molecule has 2 aromatic heterocycles. The van der Waals surface area contributed by atoms with Crippen molar-refractivity contribution in [2.24, 2.45) is 0 Å². The van der Waals surface area contributed by atoms with Gasteiger partial charge >= 0.3 is 0 Å². The average Bonchev–Trinajstić information content (AvgIpc) is 2.98. The Balaban J connectivity index is 1.75. The van der Waals surface area contributed by atoms with Gasteiger partial charge in [-0.05, 0) is 37.3 Å². The quantitative estimate of drug-likeness (QED) is 0.771. The normalized spacial score (nSPS) is 10.5. The molecule has 3 aromatic rings. The van der Waals surface area contributed by atoms with Gasteiger partial charge in [-0.25, -0.2) is 9.97 Å². The van der Waals surface area contributed by atoms with E-state index in [0.29, 0.717) is 23.1 Å². The first-order valence-corrected chi connectivity index (χ1v) is 7.37. The Hall–Kier alpha value is -2.73. The Bertz CT molecular complexity index is 828. The molecule has 0 fully saturated rings. The molecular formula is C16H14ClN5O. The molecular weight excluding hydrogens is 314 g/mol. The highest BCUT2D eigenvalue weighted by Gasteiger charge is 2.10. The maximum absolute atomic E-state index is 12.2. The molecule has 6 nitrogen and oxygen atoms in total. The minimum atomic E-state index is -0.261. The number of nitrogens with one attached hydrogen (secondary N) is 2. The minimum Gasteiger partial charge on any atom is -0.346 e. The van der Waals surface area contributed by atoms with Gasteiger partial charge in [-0.1, -0.05) is 11.6 Å². The van der Waals surface area contributed by atoms with Crippen molar-refractivity contribution in [3.05, 3.63) is 64.7 Å². The fourth-order valence-corrected chi connectivity index (χ4v) is 2.17. The predicted molar refractivity (Wildman–Crippen MR) is 87.0 cm³/mol. The molecule has 0 aliphatic heterocycles. The second-order valence-corrected chi connectivity index (χ2v) is 5.41. The third-order valence-corrected chi connectivity index (χ3v) is 3.62. The Morgan fingerprint density at radius 2 is 2.04 bits per heavy atom. The summed E-state index contributed by atoms with van der Waals surface area (Å²) in [5, 5.41) is 10.2.